The van der Waals surface area contributed by atoms with Gasteiger partial charge >= 0.3 is 5.97 Å². The summed E-state index contributed by atoms with van der Waals surface area (Å²) in [6.07, 6.45) is -48.7. The Hall–Kier alpha value is -2.63. The maximum absolute atomic E-state index is 13.4. The van der Waals surface area contributed by atoms with Crippen LogP contribution >= 0.6 is 0 Å². The van der Waals surface area contributed by atoms with Gasteiger partial charge in [0.15, 0.2) is 18.9 Å². The van der Waals surface area contributed by atoms with E-state index in [4.69, 9.17) is 37.9 Å². The van der Waals surface area contributed by atoms with Gasteiger partial charge in [0.2, 0.25) is 11.8 Å². The van der Waals surface area contributed by atoms with Crippen LogP contribution in [0.25, 0.3) is 0 Å². The van der Waals surface area contributed by atoms with Crippen LogP contribution in [0.3, 0.4) is 0 Å². The summed E-state index contributed by atoms with van der Waals surface area (Å²) in [5.74, 6) is -7.81. The van der Waals surface area contributed by atoms with Crippen molar-refractivity contribution in [2.24, 2.45) is 0 Å². The van der Waals surface area contributed by atoms with Crippen molar-refractivity contribution >= 4 is 17.8 Å². The largest absolute Gasteiger partial charge is 0.477 e. The maximum Gasteiger partial charge on any atom is 0.364 e. The van der Waals surface area contributed by atoms with Gasteiger partial charge in [-0.15, -0.1) is 0 Å². The molecule has 0 unspecified atom stereocenters. The Morgan fingerprint density at radius 3 is 1.71 bits per heavy atom. The first kappa shape index (κ1) is 58.9. The van der Waals surface area contributed by atoms with E-state index in [-0.39, 0.29) is 0 Å². The van der Waals surface area contributed by atoms with Crippen LogP contribution in [-0.4, -0.2) is 314 Å². The van der Waals surface area contributed by atoms with Crippen molar-refractivity contribution in [3.63, 3.8) is 0 Å². The Balaban J connectivity index is 1.88. The predicted octanol–water partition coefficient (Wildman–Crippen LogP) is -13.8. The van der Waals surface area contributed by atoms with E-state index in [1.54, 1.807) is 0 Å². The van der Waals surface area contributed by atoms with Gasteiger partial charge in [0.05, 0.1) is 51.8 Å². The Bertz CT molecular complexity index is 1620. The number of nitrogens with one attached hydrogen (secondary N) is 2. The molecule has 69 heavy (non-hydrogen) atoms. The number of carboxylic acids is 1. The zero-order chi connectivity index (χ0) is 51.8. The first-order valence-corrected chi connectivity index (χ1v) is 21.3. The van der Waals surface area contributed by atoms with E-state index in [0.29, 0.717) is 0 Å². The second kappa shape index (κ2) is 25.8. The average Bonchev–Trinajstić information content (AvgIpc) is 3.33. The molecule has 0 aromatic heterocycles. The van der Waals surface area contributed by atoms with Gasteiger partial charge in [-0.05, 0) is 0 Å². The zero-order valence-electron chi connectivity index (χ0n) is 36.5. The normalized spacial score (nSPS) is 41.3. The third-order valence-corrected chi connectivity index (χ3v) is 11.8. The van der Waals surface area contributed by atoms with Crippen molar-refractivity contribution in [2.75, 3.05) is 46.2 Å². The Labute approximate surface area is 389 Å². The number of aliphatic hydroxyl groups is 18. The molecule has 0 aliphatic carbocycles. The average molecular weight is 1020 g/mol. The minimum atomic E-state index is -3.42. The van der Waals surface area contributed by atoms with Crippen molar-refractivity contribution in [2.45, 2.75) is 166 Å². The van der Waals surface area contributed by atoms with E-state index in [9.17, 15) is 111 Å². The molecule has 25 atom stereocenters. The molecule has 4 aliphatic rings. The van der Waals surface area contributed by atoms with E-state index in [0.717, 1.165) is 6.92 Å². The first-order valence-electron chi connectivity index (χ1n) is 21.3. The predicted molar refractivity (Wildman–Crippen MR) is 211 cm³/mol. The standard InChI is InChI=1S/C37H64N2O30/c1-10(47)38-20-30(67-34-26(58)25(57)23(55)15(6-43)63-34)24(56)16(7-44)62-33(20)66-29-17(8-45)64-35(65-28(14(51)5-42)21(53)12(49)3-40)27(59)32(29)69-37(36(60)61)2-11(48)19(39-18(52)9-46)31(68-37)22(54)13(50)4-41/h11-17,19-35,40-46,48-51,53-59H,2-9H2,1H3,(H,38,47)(H,39,52)(H,60,61)/t11-,12-,13+,14+,15+,16+,17+,19+,20+,21+,22+,23-,24-,25-,26+,27+,28+,29-,30+,31+,32+,33+,34-,35-,37-/m0/s1. The topological polar surface area (TPSA) is 533 Å². The molecule has 21 N–H and O–H groups in total. The Morgan fingerprint density at radius 2 is 1.17 bits per heavy atom. The van der Waals surface area contributed by atoms with E-state index < -0.39 is 223 Å². The molecule has 0 aromatic carbocycles. The number of hydrogen-bond donors (Lipinski definition) is 21. The Kier molecular flexibility index (Phi) is 22.1. The summed E-state index contributed by atoms with van der Waals surface area (Å²) < 4.78 is 46.0. The van der Waals surface area contributed by atoms with Crippen molar-refractivity contribution < 1.29 is 149 Å². The second-order valence-corrected chi connectivity index (χ2v) is 16.6. The van der Waals surface area contributed by atoms with Gasteiger partial charge in [-0.2, -0.15) is 0 Å². The monoisotopic (exact) mass is 1020 g/mol. The van der Waals surface area contributed by atoms with Crippen LogP contribution in [-0.2, 0) is 52.3 Å². The summed E-state index contributed by atoms with van der Waals surface area (Å²) in [4.78, 5) is 38.4. The highest BCUT2D eigenvalue weighted by Crippen LogP contribution is 2.40. The number of rotatable bonds is 23. The summed E-state index contributed by atoms with van der Waals surface area (Å²) in [7, 11) is 0. The molecule has 0 spiro atoms. The lowest BCUT2D eigenvalue weighted by Gasteiger charge is -2.52. The highest BCUT2D eigenvalue weighted by molar-refractivity contribution is 5.78. The van der Waals surface area contributed by atoms with Crippen LogP contribution in [0, 0.1) is 0 Å². The number of amides is 2. The minimum Gasteiger partial charge on any atom is -0.477 e. The summed E-state index contributed by atoms with van der Waals surface area (Å²) in [5, 5.41) is 203. The highest BCUT2D eigenvalue weighted by atomic mass is 16.8. The number of aliphatic carboxylic acids is 1. The fourth-order valence-electron chi connectivity index (χ4n) is 8.13. The van der Waals surface area contributed by atoms with E-state index >= 15 is 0 Å². The second-order valence-electron chi connectivity index (χ2n) is 16.6. The van der Waals surface area contributed by atoms with Crippen LogP contribution in [0.5, 0.6) is 0 Å². The molecule has 0 radical (unpaired) electrons. The molecule has 2 amide bonds. The van der Waals surface area contributed by atoms with Crippen molar-refractivity contribution in [1.29, 1.82) is 0 Å². The summed E-state index contributed by atoms with van der Waals surface area (Å²) in [6.45, 7) is -7.27. The molecular weight excluding hydrogens is 952 g/mol. The third-order valence-electron chi connectivity index (χ3n) is 11.8. The minimum absolute atomic E-state index is 0.931. The molecule has 4 aliphatic heterocycles. The Morgan fingerprint density at radius 1 is 0.623 bits per heavy atom. The summed E-state index contributed by atoms with van der Waals surface area (Å²) in [5.41, 5.74) is 0. The molecule has 4 saturated heterocycles. The number of carboxylic acid groups (broad SMARTS) is 1. The highest BCUT2D eigenvalue weighted by Gasteiger charge is 2.62. The fraction of sp³-hybridized carbons (Fsp3) is 0.919. The van der Waals surface area contributed by atoms with Crippen LogP contribution in [0.2, 0.25) is 0 Å². The van der Waals surface area contributed by atoms with Crippen LogP contribution in [0.4, 0.5) is 0 Å². The molecule has 32 heteroatoms. The van der Waals surface area contributed by atoms with Crippen LogP contribution in [0.15, 0.2) is 0 Å². The van der Waals surface area contributed by atoms with E-state index in [1.807, 2.05) is 0 Å². The summed E-state index contributed by atoms with van der Waals surface area (Å²) in [6, 6.07) is -3.81. The quantitative estimate of drug-likeness (QED) is 0.0452. The number of ether oxygens (including phenoxy) is 8. The number of carbonyl (C=O) groups is 3. The molecule has 402 valence electrons. The van der Waals surface area contributed by atoms with Crippen molar-refractivity contribution in [1.82, 2.24) is 10.6 Å². The molecule has 4 rings (SSSR count). The third kappa shape index (κ3) is 13.3. The summed E-state index contributed by atoms with van der Waals surface area (Å²) >= 11 is 0. The lowest BCUT2D eigenvalue weighted by molar-refractivity contribution is -0.398. The van der Waals surface area contributed by atoms with Crippen molar-refractivity contribution in [3.8, 4) is 0 Å². The number of hydrogen-bond acceptors (Lipinski definition) is 29. The van der Waals surface area contributed by atoms with Crippen molar-refractivity contribution in [3.05, 3.63) is 0 Å². The molecule has 0 aromatic rings. The smallest absolute Gasteiger partial charge is 0.364 e. The van der Waals surface area contributed by atoms with Gasteiger partial charge in [-0.25, -0.2) is 4.79 Å². The molecule has 0 bridgehead atoms. The maximum atomic E-state index is 13.4. The van der Waals surface area contributed by atoms with Gasteiger partial charge in [0.25, 0.3) is 5.79 Å². The molecule has 4 heterocycles. The SMILES string of the molecule is CC(=O)N[C@H]1[C@@H](O[C@@H]2[C@H](O[C@]3(C(=O)O)C[C@H](O)[C@@H](NC(=O)CO)[C@H]([C@H](O)[C@H](O)CO)O3)[C@@H](O)[C@H](O[C@@H]([C@H](O)[C@@H](O)CO)[C@H](O)CO)O[C@@H]2CO)O[C@H](CO)[C@H](O)[C@@H]1O[C@@H]1O[C@H](CO)[C@H](O)[C@H](O)[C@H]1O. The molecule has 0 saturated carbocycles. The van der Waals surface area contributed by atoms with Crippen LogP contribution < -0.4 is 10.6 Å². The van der Waals surface area contributed by atoms with Gasteiger partial charge < -0.3 is 146 Å². The van der Waals surface area contributed by atoms with E-state index in [1.165, 1.54) is 0 Å². The molecular formula is C37H64N2O30. The van der Waals surface area contributed by atoms with Gasteiger partial charge in [0.1, 0.15) is 123 Å². The van der Waals surface area contributed by atoms with E-state index in [2.05, 4.69) is 10.6 Å². The molecule has 32 nitrogen and oxygen atoms in total. The number of aliphatic hydroxyl groups excluding tert-OH is 18. The zero-order valence-corrected chi connectivity index (χ0v) is 36.5. The first-order chi connectivity index (χ1) is 32.5. The lowest BCUT2D eigenvalue weighted by Crippen LogP contribution is -2.72. The molecule has 4 fully saturated rings. The van der Waals surface area contributed by atoms with Gasteiger partial charge in [0, 0.05) is 13.3 Å². The number of carbonyl (C=O) groups excluding carboxylic acids is 2. The van der Waals surface area contributed by atoms with Gasteiger partial charge in [-0.3, -0.25) is 9.59 Å². The van der Waals surface area contributed by atoms with Crippen LogP contribution in [0.1, 0.15) is 13.3 Å². The lowest BCUT2D eigenvalue weighted by atomic mass is 9.88. The van der Waals surface area contributed by atoms with Gasteiger partial charge in [-0.1, -0.05) is 0 Å². The fourth-order valence-corrected chi connectivity index (χ4v) is 8.13.